The van der Waals surface area contributed by atoms with Crippen molar-refractivity contribution >= 4 is 29.3 Å². The van der Waals surface area contributed by atoms with Gasteiger partial charge in [0.1, 0.15) is 6.54 Å². The van der Waals surface area contributed by atoms with E-state index in [1.54, 1.807) is 4.90 Å². The molecular weight excluding hydrogens is 322 g/mol. The minimum atomic E-state index is -0.120. The fraction of sp³-hybridized carbons (Fsp3) is 0.333. The summed E-state index contributed by atoms with van der Waals surface area (Å²) in [5, 5.41) is 3.92. The van der Waals surface area contributed by atoms with Crippen LogP contribution in [0.3, 0.4) is 0 Å². The Kier molecular flexibility index (Phi) is 5.25. The molecule has 0 fully saturated rings. The first-order chi connectivity index (χ1) is 11.7. The number of carbonyl (C=O) groups is 2. The lowest BCUT2D eigenvalue weighted by Gasteiger charge is -2.27. The number of anilines is 1. The minimum absolute atomic E-state index is 0.0504. The molecule has 0 unspecified atom stereocenters. The Morgan fingerprint density at radius 3 is 2.79 bits per heavy atom. The van der Waals surface area contributed by atoms with Crippen molar-refractivity contribution < 1.29 is 9.59 Å². The standard InChI is InChI=1S/C18H21N3O2S/c1-2-3-10-19-16(22)12-21-15-8-5-4-7-14(15)20-11-6-9-18(20)24-13-17(21)23/h4-9,11H,2-3,10,12-13H2,1H3,(H,19,22). The van der Waals surface area contributed by atoms with Crippen molar-refractivity contribution in [3.63, 3.8) is 0 Å². The Morgan fingerprint density at radius 2 is 2.00 bits per heavy atom. The van der Waals surface area contributed by atoms with Gasteiger partial charge in [0.15, 0.2) is 0 Å². The highest BCUT2D eigenvalue weighted by Gasteiger charge is 2.25. The maximum Gasteiger partial charge on any atom is 0.240 e. The highest BCUT2D eigenvalue weighted by Crippen LogP contribution is 2.32. The maximum absolute atomic E-state index is 12.6. The normalized spacial score (nSPS) is 13.7. The number of para-hydroxylation sites is 2. The monoisotopic (exact) mass is 343 g/mol. The number of hydrogen-bond donors (Lipinski definition) is 1. The third-order valence-electron chi connectivity index (χ3n) is 3.94. The third-order valence-corrected chi connectivity index (χ3v) is 4.96. The van der Waals surface area contributed by atoms with Gasteiger partial charge >= 0.3 is 0 Å². The molecular formula is C18H21N3O2S. The molecule has 126 valence electrons. The zero-order valence-corrected chi connectivity index (χ0v) is 14.5. The largest absolute Gasteiger partial charge is 0.355 e. The van der Waals surface area contributed by atoms with Crippen LogP contribution >= 0.6 is 11.8 Å². The molecule has 3 rings (SSSR count). The Balaban J connectivity index is 1.90. The first-order valence-corrected chi connectivity index (χ1v) is 9.16. The van der Waals surface area contributed by atoms with E-state index in [1.165, 1.54) is 11.8 Å². The molecule has 1 aromatic heterocycles. The van der Waals surface area contributed by atoms with E-state index in [0.29, 0.717) is 12.3 Å². The maximum atomic E-state index is 12.6. The SMILES string of the molecule is CCCCNC(=O)CN1C(=O)CSc2cccn2-c2ccccc21. The van der Waals surface area contributed by atoms with Gasteiger partial charge in [-0.1, -0.05) is 37.2 Å². The zero-order chi connectivity index (χ0) is 16.9. The second-order valence-corrected chi connectivity index (χ2v) is 6.67. The molecule has 6 heteroatoms. The van der Waals surface area contributed by atoms with Gasteiger partial charge in [-0.25, -0.2) is 0 Å². The van der Waals surface area contributed by atoms with Crippen LogP contribution in [0, 0.1) is 0 Å². The molecule has 0 spiro atoms. The topological polar surface area (TPSA) is 54.3 Å². The number of unbranched alkanes of at least 4 members (excludes halogenated alkanes) is 1. The third kappa shape index (κ3) is 3.48. The molecule has 5 nitrogen and oxygen atoms in total. The molecule has 2 amide bonds. The van der Waals surface area contributed by atoms with Crippen LogP contribution in [-0.2, 0) is 9.59 Å². The van der Waals surface area contributed by atoms with Crippen molar-refractivity contribution in [2.24, 2.45) is 0 Å². The van der Waals surface area contributed by atoms with Crippen LogP contribution < -0.4 is 10.2 Å². The lowest BCUT2D eigenvalue weighted by molar-refractivity contribution is -0.122. The average molecular weight is 343 g/mol. The highest BCUT2D eigenvalue weighted by atomic mass is 32.2. The second kappa shape index (κ2) is 7.57. The molecule has 0 saturated heterocycles. The van der Waals surface area contributed by atoms with E-state index in [9.17, 15) is 9.59 Å². The molecule has 1 N–H and O–H groups in total. The molecule has 0 bridgehead atoms. The number of carbonyl (C=O) groups excluding carboxylic acids is 2. The fourth-order valence-electron chi connectivity index (χ4n) is 2.70. The van der Waals surface area contributed by atoms with Crippen LogP contribution in [0.4, 0.5) is 5.69 Å². The van der Waals surface area contributed by atoms with Gasteiger partial charge in [0.05, 0.1) is 22.2 Å². The number of aromatic nitrogens is 1. The lowest BCUT2D eigenvalue weighted by Crippen LogP contribution is -2.42. The minimum Gasteiger partial charge on any atom is -0.355 e. The summed E-state index contributed by atoms with van der Waals surface area (Å²) in [6.07, 6.45) is 3.95. The summed E-state index contributed by atoms with van der Waals surface area (Å²) < 4.78 is 2.06. The first kappa shape index (κ1) is 16.6. The van der Waals surface area contributed by atoms with Crippen LogP contribution in [0.25, 0.3) is 5.69 Å². The Hall–Kier alpha value is -2.21. The van der Waals surface area contributed by atoms with Gasteiger partial charge in [-0.2, -0.15) is 0 Å². The van der Waals surface area contributed by atoms with E-state index >= 15 is 0 Å². The number of amides is 2. The summed E-state index contributed by atoms with van der Waals surface area (Å²) in [5.41, 5.74) is 1.69. The van der Waals surface area contributed by atoms with Crippen LogP contribution in [0.2, 0.25) is 0 Å². The summed E-state index contributed by atoms with van der Waals surface area (Å²) in [6, 6.07) is 11.7. The van der Waals surface area contributed by atoms with E-state index in [-0.39, 0.29) is 18.4 Å². The summed E-state index contributed by atoms with van der Waals surface area (Å²) in [5.74, 6) is 0.149. The number of benzene rings is 1. The molecule has 0 aliphatic carbocycles. The molecule has 2 aromatic rings. The second-order valence-electron chi connectivity index (χ2n) is 5.68. The van der Waals surface area contributed by atoms with Gasteiger partial charge in [0.2, 0.25) is 11.8 Å². The molecule has 0 saturated carbocycles. The number of hydrogen-bond acceptors (Lipinski definition) is 3. The fourth-order valence-corrected chi connectivity index (χ4v) is 3.60. The van der Waals surface area contributed by atoms with Crippen molar-refractivity contribution in [1.82, 2.24) is 9.88 Å². The van der Waals surface area contributed by atoms with Gasteiger partial charge in [-0.05, 0) is 30.7 Å². The van der Waals surface area contributed by atoms with Gasteiger partial charge in [0, 0.05) is 12.7 Å². The van der Waals surface area contributed by atoms with Crippen LogP contribution in [0.5, 0.6) is 0 Å². The summed E-state index contributed by atoms with van der Waals surface area (Å²) in [4.78, 5) is 26.4. The van der Waals surface area contributed by atoms with Gasteiger partial charge in [-0.3, -0.25) is 9.59 Å². The van der Waals surface area contributed by atoms with Gasteiger partial charge in [-0.15, -0.1) is 0 Å². The average Bonchev–Trinajstić information content (AvgIpc) is 3.05. The van der Waals surface area contributed by atoms with E-state index in [1.807, 2.05) is 42.6 Å². The van der Waals surface area contributed by atoms with Crippen molar-refractivity contribution in [3.8, 4) is 5.69 Å². The van der Waals surface area contributed by atoms with E-state index in [2.05, 4.69) is 16.8 Å². The van der Waals surface area contributed by atoms with E-state index in [4.69, 9.17) is 0 Å². The lowest BCUT2D eigenvalue weighted by atomic mass is 10.2. The molecule has 1 aliphatic heterocycles. The molecule has 0 radical (unpaired) electrons. The summed E-state index contributed by atoms with van der Waals surface area (Å²) in [6.45, 7) is 2.78. The number of nitrogens with one attached hydrogen (secondary N) is 1. The quantitative estimate of drug-likeness (QED) is 0.850. The number of fused-ring (bicyclic) bond motifs is 3. The molecule has 2 heterocycles. The predicted octanol–water partition coefficient (Wildman–Crippen LogP) is 2.83. The van der Waals surface area contributed by atoms with Crippen LogP contribution in [0.15, 0.2) is 47.6 Å². The summed E-state index contributed by atoms with van der Waals surface area (Å²) >= 11 is 1.49. The van der Waals surface area contributed by atoms with Crippen LogP contribution in [0.1, 0.15) is 19.8 Å². The zero-order valence-electron chi connectivity index (χ0n) is 13.7. The van der Waals surface area contributed by atoms with Crippen molar-refractivity contribution in [3.05, 3.63) is 42.6 Å². The molecule has 0 atom stereocenters. The van der Waals surface area contributed by atoms with Crippen molar-refractivity contribution in [1.29, 1.82) is 0 Å². The van der Waals surface area contributed by atoms with Gasteiger partial charge < -0.3 is 14.8 Å². The number of rotatable bonds is 5. The van der Waals surface area contributed by atoms with E-state index in [0.717, 1.165) is 29.2 Å². The highest BCUT2D eigenvalue weighted by molar-refractivity contribution is 7.99. The molecule has 1 aromatic carbocycles. The smallest absolute Gasteiger partial charge is 0.240 e. The van der Waals surface area contributed by atoms with Crippen molar-refractivity contribution in [2.45, 2.75) is 24.8 Å². The molecule has 24 heavy (non-hydrogen) atoms. The Labute approximate surface area is 146 Å². The summed E-state index contributed by atoms with van der Waals surface area (Å²) in [7, 11) is 0. The molecule has 1 aliphatic rings. The predicted molar refractivity (Wildman–Crippen MR) is 96.8 cm³/mol. The number of nitrogens with zero attached hydrogens (tertiary/aromatic N) is 2. The van der Waals surface area contributed by atoms with Gasteiger partial charge in [0.25, 0.3) is 0 Å². The first-order valence-electron chi connectivity index (χ1n) is 8.17. The Morgan fingerprint density at radius 1 is 1.21 bits per heavy atom. The van der Waals surface area contributed by atoms with E-state index < -0.39 is 0 Å². The van der Waals surface area contributed by atoms with Crippen molar-refractivity contribution in [2.75, 3.05) is 23.7 Å². The Bertz CT molecular complexity index is 741. The number of thioether (sulfide) groups is 1. The van der Waals surface area contributed by atoms with Crippen LogP contribution in [-0.4, -0.2) is 35.2 Å².